The van der Waals surface area contributed by atoms with Crippen molar-refractivity contribution < 1.29 is 30.0 Å². The molecule has 76 valence electrons. The number of carboxylic acid groups (broad SMARTS) is 3. The first-order valence-electron chi connectivity index (χ1n) is 3.32. The van der Waals surface area contributed by atoms with Crippen molar-refractivity contribution in [2.24, 2.45) is 0 Å². The van der Waals surface area contributed by atoms with Gasteiger partial charge in [0.05, 0.1) is 5.56 Å². The number of carbonyl (C=O) groups excluding carboxylic acids is 1. The van der Waals surface area contributed by atoms with E-state index >= 15 is 0 Å². The zero-order valence-electron chi connectivity index (χ0n) is 6.80. The molecule has 0 spiro atoms. The molecule has 0 amide bonds. The van der Waals surface area contributed by atoms with Gasteiger partial charge in [0.1, 0.15) is 0 Å². The van der Waals surface area contributed by atoms with Crippen LogP contribution in [-0.2, 0) is 0 Å². The molecule has 1 N–H and O–H groups in total. The zero-order valence-corrected chi connectivity index (χ0v) is 6.80. The minimum atomic E-state index is -2.33. The van der Waals surface area contributed by atoms with Gasteiger partial charge in [-0.2, -0.15) is 0 Å². The van der Waals surface area contributed by atoms with Gasteiger partial charge in [-0.25, -0.2) is 4.79 Å². The molecule has 0 saturated heterocycles. The van der Waals surface area contributed by atoms with Crippen LogP contribution in [0.3, 0.4) is 0 Å². The van der Waals surface area contributed by atoms with Crippen LogP contribution in [0.4, 0.5) is 4.79 Å². The molecule has 14 heavy (non-hydrogen) atoms. The monoisotopic (exact) mass is 197 g/mol. The summed E-state index contributed by atoms with van der Waals surface area (Å²) in [6.45, 7) is 0. The second-order valence-electron chi connectivity index (χ2n) is 2.05. The second-order valence-corrected chi connectivity index (χ2v) is 2.05. The normalized spacial score (nSPS) is 8.29. The largest absolute Gasteiger partial charge is 0.872 e. The standard InChI is InChI=1S/C7H6O3.CH2O3/c8-6-4-2-1-3-5(6)7(9)10;2-1(3)4/h1-4,8H,(H,9,10);(H2,2,3,4)/p-3. The Bertz CT molecular complexity index is 328. The Hall–Kier alpha value is -2.24. The lowest BCUT2D eigenvalue weighted by molar-refractivity contribution is -0.415. The maximum atomic E-state index is 10.7. The molecule has 1 rings (SSSR count). The van der Waals surface area contributed by atoms with Crippen LogP contribution >= 0.6 is 0 Å². The van der Waals surface area contributed by atoms with E-state index in [0.717, 1.165) is 0 Å². The third kappa shape index (κ3) is 4.60. The van der Waals surface area contributed by atoms with Gasteiger partial charge >= 0.3 is 5.97 Å². The highest BCUT2D eigenvalue weighted by atomic mass is 16.6. The average molecular weight is 197 g/mol. The summed E-state index contributed by atoms with van der Waals surface area (Å²) in [6.07, 6.45) is -2.33. The molecule has 0 fully saturated rings. The van der Waals surface area contributed by atoms with Crippen LogP contribution in [0.25, 0.3) is 0 Å². The molecular weight excluding hydrogens is 192 g/mol. The lowest BCUT2D eigenvalue weighted by Crippen LogP contribution is -2.37. The highest BCUT2D eigenvalue weighted by molar-refractivity contribution is 5.90. The van der Waals surface area contributed by atoms with E-state index in [1.54, 1.807) is 0 Å². The number of benzene rings is 1. The van der Waals surface area contributed by atoms with Crippen molar-refractivity contribution in [1.82, 2.24) is 0 Å². The first-order chi connectivity index (χ1) is 6.45. The maximum absolute atomic E-state index is 10.7. The molecule has 0 radical (unpaired) electrons. The average Bonchev–Trinajstić information content (AvgIpc) is 2.03. The molecule has 6 nitrogen and oxygen atoms in total. The molecular formula is C8H5O6-3. The fourth-order valence-electron chi connectivity index (χ4n) is 0.643. The van der Waals surface area contributed by atoms with Gasteiger partial charge in [0.15, 0.2) is 0 Å². The van der Waals surface area contributed by atoms with E-state index in [9.17, 15) is 9.90 Å². The summed E-state index contributed by atoms with van der Waals surface area (Å²) in [4.78, 5) is 18.6. The van der Waals surface area contributed by atoms with Gasteiger partial charge in [0.2, 0.25) is 0 Å². The molecule has 0 unspecified atom stereocenters. The van der Waals surface area contributed by atoms with E-state index in [4.69, 9.17) is 20.1 Å². The molecule has 6 heteroatoms. The van der Waals surface area contributed by atoms with Crippen LogP contribution in [0.15, 0.2) is 24.3 Å². The van der Waals surface area contributed by atoms with Crippen molar-refractivity contribution in [3.8, 4) is 5.75 Å². The van der Waals surface area contributed by atoms with E-state index in [-0.39, 0.29) is 5.56 Å². The number of rotatable bonds is 1. The lowest BCUT2D eigenvalue weighted by Gasteiger charge is -2.07. The Balaban J connectivity index is 0.000000364. The van der Waals surface area contributed by atoms with Crippen LogP contribution in [0.1, 0.15) is 10.4 Å². The molecule has 1 aromatic carbocycles. The minimum Gasteiger partial charge on any atom is -0.872 e. The fourth-order valence-corrected chi connectivity index (χ4v) is 0.643. The number of aromatic carboxylic acids is 1. The summed E-state index contributed by atoms with van der Waals surface area (Å²) < 4.78 is 0. The van der Waals surface area contributed by atoms with E-state index in [0.29, 0.717) is 0 Å². The van der Waals surface area contributed by atoms with Crippen molar-refractivity contribution >= 4 is 12.1 Å². The quantitative estimate of drug-likeness (QED) is 0.555. The van der Waals surface area contributed by atoms with Crippen LogP contribution in [0.5, 0.6) is 5.75 Å². The number of hydrogen-bond donors (Lipinski definition) is 1. The third-order valence-corrected chi connectivity index (χ3v) is 1.12. The zero-order chi connectivity index (χ0) is 11.1. The summed E-state index contributed by atoms with van der Waals surface area (Å²) >= 11 is 0. The number of para-hydroxylation sites is 1. The molecule has 0 atom stereocenters. The predicted molar refractivity (Wildman–Crippen MR) is 38.2 cm³/mol. The Morgan fingerprint density at radius 1 is 1.14 bits per heavy atom. The van der Waals surface area contributed by atoms with Crippen molar-refractivity contribution in [3.63, 3.8) is 0 Å². The topological polar surface area (TPSA) is 124 Å². The SMILES string of the molecule is O=C(O)c1ccccc1[O-].O=C([O-])[O-]. The van der Waals surface area contributed by atoms with Gasteiger partial charge in [-0.1, -0.05) is 23.9 Å². The van der Waals surface area contributed by atoms with E-state index in [1.165, 1.54) is 24.3 Å². The number of carbonyl (C=O) groups is 2. The molecule has 0 aliphatic heterocycles. The Kier molecular flexibility index (Phi) is 4.55. The summed E-state index contributed by atoms with van der Waals surface area (Å²) in [6, 6.07) is 5.54. The Morgan fingerprint density at radius 2 is 1.57 bits per heavy atom. The van der Waals surface area contributed by atoms with Gasteiger partial charge in [-0.15, -0.1) is 0 Å². The maximum Gasteiger partial charge on any atom is 0.335 e. The van der Waals surface area contributed by atoms with Crippen LogP contribution in [0.2, 0.25) is 0 Å². The first-order valence-corrected chi connectivity index (χ1v) is 3.32. The number of carboxylic acids is 1. The molecule has 0 heterocycles. The molecule has 1 aromatic rings. The summed E-state index contributed by atoms with van der Waals surface area (Å²) in [7, 11) is 0. The fraction of sp³-hybridized carbons (Fsp3) is 0. The van der Waals surface area contributed by atoms with E-state index in [1.807, 2.05) is 0 Å². The Morgan fingerprint density at radius 3 is 1.86 bits per heavy atom. The molecule has 0 aliphatic rings. The van der Waals surface area contributed by atoms with Crippen molar-refractivity contribution in [3.05, 3.63) is 29.8 Å². The van der Waals surface area contributed by atoms with Gasteiger partial charge in [-0.3, -0.25) is 0 Å². The smallest absolute Gasteiger partial charge is 0.335 e. The summed E-state index contributed by atoms with van der Waals surface area (Å²) in [5, 5.41) is 35.7. The highest BCUT2D eigenvalue weighted by Gasteiger charge is 1.99. The first kappa shape index (κ1) is 11.8. The van der Waals surface area contributed by atoms with Crippen molar-refractivity contribution in [2.75, 3.05) is 0 Å². The lowest BCUT2D eigenvalue weighted by atomic mass is 10.2. The van der Waals surface area contributed by atoms with E-state index < -0.39 is 17.9 Å². The molecule has 0 aliphatic carbocycles. The molecule has 0 saturated carbocycles. The van der Waals surface area contributed by atoms with Crippen molar-refractivity contribution in [1.29, 1.82) is 0 Å². The van der Waals surface area contributed by atoms with Gasteiger partial charge in [0.25, 0.3) is 0 Å². The number of hydrogen-bond acceptors (Lipinski definition) is 5. The van der Waals surface area contributed by atoms with Gasteiger partial charge in [0, 0.05) is 0 Å². The van der Waals surface area contributed by atoms with Gasteiger partial charge < -0.3 is 25.2 Å². The second kappa shape index (κ2) is 5.41. The predicted octanol–water partition coefficient (Wildman–Crippen LogP) is -1.99. The minimum absolute atomic E-state index is 0.178. The molecule has 0 aromatic heterocycles. The van der Waals surface area contributed by atoms with Crippen LogP contribution < -0.4 is 15.3 Å². The Labute approximate surface area is 78.7 Å². The van der Waals surface area contributed by atoms with Crippen LogP contribution in [-0.4, -0.2) is 17.2 Å². The summed E-state index contributed by atoms with van der Waals surface area (Å²) in [5.41, 5.74) is -0.178. The van der Waals surface area contributed by atoms with Gasteiger partial charge in [-0.05, 0) is 12.2 Å². The van der Waals surface area contributed by atoms with Crippen molar-refractivity contribution in [2.45, 2.75) is 0 Å². The summed E-state index contributed by atoms with van der Waals surface area (Å²) in [5.74, 6) is -1.62. The molecule has 0 bridgehead atoms. The highest BCUT2D eigenvalue weighted by Crippen LogP contribution is 2.10. The third-order valence-electron chi connectivity index (χ3n) is 1.12. The van der Waals surface area contributed by atoms with Crippen LogP contribution in [0, 0.1) is 0 Å². The van der Waals surface area contributed by atoms with E-state index in [2.05, 4.69) is 0 Å².